The van der Waals surface area contributed by atoms with E-state index < -0.39 is 0 Å². The SMILES string of the molecule is O=C(NC1CC1)N1CCN(CCO)CC1. The summed E-state index contributed by atoms with van der Waals surface area (Å²) >= 11 is 0. The van der Waals surface area contributed by atoms with Crippen molar-refractivity contribution < 1.29 is 9.90 Å². The lowest BCUT2D eigenvalue weighted by molar-refractivity contribution is 0.122. The molecule has 2 N–H and O–H groups in total. The highest BCUT2D eigenvalue weighted by Crippen LogP contribution is 2.19. The molecule has 5 nitrogen and oxygen atoms in total. The molecule has 1 heterocycles. The van der Waals surface area contributed by atoms with E-state index in [1.165, 1.54) is 0 Å². The summed E-state index contributed by atoms with van der Waals surface area (Å²) in [5, 5.41) is 11.8. The number of aliphatic hydroxyl groups excluding tert-OH is 1. The summed E-state index contributed by atoms with van der Waals surface area (Å²) in [6.07, 6.45) is 2.27. The van der Waals surface area contributed by atoms with Crippen LogP contribution in [0, 0.1) is 0 Å². The minimum Gasteiger partial charge on any atom is -0.395 e. The summed E-state index contributed by atoms with van der Waals surface area (Å²) in [7, 11) is 0. The van der Waals surface area contributed by atoms with Gasteiger partial charge in [0.05, 0.1) is 6.61 Å². The standard InChI is InChI=1S/C10H19N3O2/c14-8-7-12-3-5-13(6-4-12)10(15)11-9-1-2-9/h9,14H,1-8H2,(H,11,15). The van der Waals surface area contributed by atoms with Crippen molar-refractivity contribution in [1.82, 2.24) is 15.1 Å². The van der Waals surface area contributed by atoms with Gasteiger partial charge in [-0.1, -0.05) is 0 Å². The van der Waals surface area contributed by atoms with E-state index >= 15 is 0 Å². The zero-order valence-electron chi connectivity index (χ0n) is 8.98. The molecule has 0 bridgehead atoms. The van der Waals surface area contributed by atoms with Gasteiger partial charge < -0.3 is 15.3 Å². The van der Waals surface area contributed by atoms with E-state index in [1.807, 2.05) is 4.90 Å². The Hall–Kier alpha value is -0.810. The van der Waals surface area contributed by atoms with Gasteiger partial charge in [0.25, 0.3) is 0 Å². The monoisotopic (exact) mass is 213 g/mol. The van der Waals surface area contributed by atoms with Crippen LogP contribution in [0.15, 0.2) is 0 Å². The maximum absolute atomic E-state index is 11.7. The topological polar surface area (TPSA) is 55.8 Å². The van der Waals surface area contributed by atoms with Crippen molar-refractivity contribution >= 4 is 6.03 Å². The van der Waals surface area contributed by atoms with E-state index in [1.54, 1.807) is 0 Å². The Labute approximate surface area is 90.0 Å². The lowest BCUT2D eigenvalue weighted by Crippen LogP contribution is -2.52. The fraction of sp³-hybridized carbons (Fsp3) is 0.900. The summed E-state index contributed by atoms with van der Waals surface area (Å²) in [6, 6.07) is 0.522. The van der Waals surface area contributed by atoms with E-state index in [-0.39, 0.29) is 12.6 Å². The number of aliphatic hydroxyl groups is 1. The number of nitrogens with zero attached hydrogens (tertiary/aromatic N) is 2. The fourth-order valence-electron chi connectivity index (χ4n) is 1.81. The van der Waals surface area contributed by atoms with E-state index in [9.17, 15) is 4.79 Å². The molecule has 2 aliphatic rings. The summed E-state index contributed by atoms with van der Waals surface area (Å²) < 4.78 is 0. The van der Waals surface area contributed by atoms with Gasteiger partial charge in [0.1, 0.15) is 0 Å². The van der Waals surface area contributed by atoms with Gasteiger partial charge in [-0.05, 0) is 12.8 Å². The minimum atomic E-state index is 0.0844. The number of β-amino-alcohol motifs (C(OH)–C–C–N with tert-alkyl or cyclic N) is 1. The number of amides is 2. The third kappa shape index (κ3) is 3.07. The number of piperazine rings is 1. The van der Waals surface area contributed by atoms with Gasteiger partial charge in [-0.25, -0.2) is 4.79 Å². The molecule has 0 radical (unpaired) electrons. The fourth-order valence-corrected chi connectivity index (χ4v) is 1.81. The molecule has 1 saturated carbocycles. The van der Waals surface area contributed by atoms with E-state index in [0.29, 0.717) is 6.04 Å². The molecule has 1 aliphatic carbocycles. The normalized spacial score (nSPS) is 22.9. The van der Waals surface area contributed by atoms with Crippen molar-refractivity contribution in [2.75, 3.05) is 39.3 Å². The highest BCUT2D eigenvalue weighted by Gasteiger charge is 2.27. The number of hydrogen-bond donors (Lipinski definition) is 2. The molecular weight excluding hydrogens is 194 g/mol. The maximum Gasteiger partial charge on any atom is 0.317 e. The van der Waals surface area contributed by atoms with Crippen molar-refractivity contribution in [2.45, 2.75) is 18.9 Å². The predicted octanol–water partition coefficient (Wildman–Crippen LogP) is -0.532. The maximum atomic E-state index is 11.7. The number of carbonyl (C=O) groups excluding carboxylic acids is 1. The van der Waals surface area contributed by atoms with Crippen LogP contribution in [0.5, 0.6) is 0 Å². The molecule has 0 unspecified atom stereocenters. The second-order valence-electron chi connectivity index (χ2n) is 4.28. The number of rotatable bonds is 3. The molecule has 0 atom stereocenters. The zero-order chi connectivity index (χ0) is 10.7. The molecule has 1 saturated heterocycles. The number of urea groups is 1. The van der Waals surface area contributed by atoms with Crippen LogP contribution in [-0.2, 0) is 0 Å². The molecule has 15 heavy (non-hydrogen) atoms. The Morgan fingerprint density at radius 1 is 1.27 bits per heavy atom. The van der Waals surface area contributed by atoms with Crippen LogP contribution in [0.3, 0.4) is 0 Å². The second-order valence-corrected chi connectivity index (χ2v) is 4.28. The average molecular weight is 213 g/mol. The Balaban J connectivity index is 1.69. The minimum absolute atomic E-state index is 0.0844. The highest BCUT2D eigenvalue weighted by molar-refractivity contribution is 5.75. The summed E-state index contributed by atoms with van der Waals surface area (Å²) in [5.74, 6) is 0. The van der Waals surface area contributed by atoms with Gasteiger partial charge in [-0.15, -0.1) is 0 Å². The molecule has 5 heteroatoms. The summed E-state index contributed by atoms with van der Waals surface area (Å²) in [6.45, 7) is 4.22. The molecule has 0 aromatic rings. The summed E-state index contributed by atoms with van der Waals surface area (Å²) in [5.41, 5.74) is 0. The van der Waals surface area contributed by atoms with Crippen LogP contribution in [-0.4, -0.2) is 66.3 Å². The van der Waals surface area contributed by atoms with Gasteiger partial charge in [-0.3, -0.25) is 4.90 Å². The van der Waals surface area contributed by atoms with Crippen molar-refractivity contribution in [2.24, 2.45) is 0 Å². The Morgan fingerprint density at radius 2 is 1.93 bits per heavy atom. The molecule has 0 spiro atoms. The smallest absolute Gasteiger partial charge is 0.317 e. The van der Waals surface area contributed by atoms with Crippen LogP contribution in [0.4, 0.5) is 4.79 Å². The lowest BCUT2D eigenvalue weighted by Gasteiger charge is -2.34. The summed E-state index contributed by atoms with van der Waals surface area (Å²) in [4.78, 5) is 15.7. The van der Waals surface area contributed by atoms with Gasteiger partial charge in [0.15, 0.2) is 0 Å². The van der Waals surface area contributed by atoms with Crippen LogP contribution < -0.4 is 5.32 Å². The van der Waals surface area contributed by atoms with Gasteiger partial charge in [0, 0.05) is 38.8 Å². The Morgan fingerprint density at radius 3 is 2.47 bits per heavy atom. The van der Waals surface area contributed by atoms with Crippen molar-refractivity contribution in [3.8, 4) is 0 Å². The number of nitrogens with one attached hydrogen (secondary N) is 1. The molecule has 2 fully saturated rings. The van der Waals surface area contributed by atoms with Crippen LogP contribution in [0.1, 0.15) is 12.8 Å². The van der Waals surface area contributed by atoms with Gasteiger partial charge in [-0.2, -0.15) is 0 Å². The largest absolute Gasteiger partial charge is 0.395 e. The third-order valence-electron chi connectivity index (χ3n) is 2.98. The lowest BCUT2D eigenvalue weighted by atomic mass is 10.3. The first-order valence-electron chi connectivity index (χ1n) is 5.68. The quantitative estimate of drug-likeness (QED) is 0.662. The van der Waals surface area contributed by atoms with Crippen LogP contribution in [0.2, 0.25) is 0 Å². The van der Waals surface area contributed by atoms with Crippen molar-refractivity contribution in [3.63, 3.8) is 0 Å². The second kappa shape index (κ2) is 4.81. The van der Waals surface area contributed by atoms with Gasteiger partial charge in [0.2, 0.25) is 0 Å². The molecule has 1 aliphatic heterocycles. The van der Waals surface area contributed by atoms with Crippen molar-refractivity contribution in [1.29, 1.82) is 0 Å². The van der Waals surface area contributed by atoms with E-state index in [0.717, 1.165) is 45.6 Å². The molecule has 0 aromatic carbocycles. The highest BCUT2D eigenvalue weighted by atomic mass is 16.3. The van der Waals surface area contributed by atoms with E-state index in [4.69, 9.17) is 5.11 Å². The number of hydrogen-bond acceptors (Lipinski definition) is 3. The van der Waals surface area contributed by atoms with E-state index in [2.05, 4.69) is 10.2 Å². The average Bonchev–Trinajstić information content (AvgIpc) is 3.03. The number of carbonyl (C=O) groups is 1. The first kappa shape index (κ1) is 10.7. The van der Waals surface area contributed by atoms with Gasteiger partial charge >= 0.3 is 6.03 Å². The molecule has 2 rings (SSSR count). The first-order valence-corrected chi connectivity index (χ1v) is 5.68. The molecular formula is C10H19N3O2. The zero-order valence-corrected chi connectivity index (χ0v) is 8.98. The predicted molar refractivity (Wildman–Crippen MR) is 56.7 cm³/mol. The van der Waals surface area contributed by atoms with Crippen molar-refractivity contribution in [3.05, 3.63) is 0 Å². The Kier molecular flexibility index (Phi) is 3.43. The third-order valence-corrected chi connectivity index (χ3v) is 2.98. The molecule has 86 valence electrons. The molecule has 0 aromatic heterocycles. The van der Waals surface area contributed by atoms with Crippen LogP contribution >= 0.6 is 0 Å². The van der Waals surface area contributed by atoms with Crippen LogP contribution in [0.25, 0.3) is 0 Å². The molecule has 2 amide bonds. The first-order chi connectivity index (χ1) is 7.29. The Bertz CT molecular complexity index is 223.